The number of anilines is 2. The molecule has 0 bridgehead atoms. The van der Waals surface area contributed by atoms with E-state index in [0.29, 0.717) is 49.0 Å². The van der Waals surface area contributed by atoms with Crippen LogP contribution in [0.25, 0.3) is 5.65 Å². The largest absolute Gasteiger partial charge is 0.484 e. The van der Waals surface area contributed by atoms with Gasteiger partial charge in [-0.05, 0) is 32.9 Å². The first-order chi connectivity index (χ1) is 16.2. The monoisotopic (exact) mass is 469 g/mol. The summed E-state index contributed by atoms with van der Waals surface area (Å²) in [5.74, 6) is 0.205. The topological polar surface area (TPSA) is 101 Å². The number of benzene rings is 1. The number of morpholine rings is 1. The first-order valence-corrected chi connectivity index (χ1v) is 11.3. The van der Waals surface area contributed by atoms with Crippen LogP contribution in [-0.4, -0.2) is 69.3 Å². The summed E-state index contributed by atoms with van der Waals surface area (Å²) in [6.45, 7) is 6.94. The fourth-order valence-electron chi connectivity index (χ4n) is 4.74. The molecule has 34 heavy (non-hydrogen) atoms. The van der Waals surface area contributed by atoms with E-state index < -0.39 is 17.4 Å². The van der Waals surface area contributed by atoms with Gasteiger partial charge in [0.1, 0.15) is 16.9 Å². The lowest BCUT2D eigenvalue weighted by atomic mass is 9.85. The Morgan fingerprint density at radius 3 is 2.82 bits per heavy atom. The summed E-state index contributed by atoms with van der Waals surface area (Å²) in [6.07, 6.45) is 3.47. The zero-order chi connectivity index (χ0) is 24.1. The van der Waals surface area contributed by atoms with Crippen LogP contribution in [-0.2, 0) is 11.2 Å². The molecule has 2 aliphatic heterocycles. The highest BCUT2D eigenvalue weighted by Crippen LogP contribution is 2.45. The first kappa shape index (κ1) is 22.5. The van der Waals surface area contributed by atoms with Crippen molar-refractivity contribution in [2.75, 3.05) is 36.5 Å². The molecule has 2 unspecified atom stereocenters. The number of nitrogens with one attached hydrogen (secondary N) is 1. The SMILES string of the molecule is CC(C)(O)C(F)C1(C)Cc2cc(NC(=O)c3cnn4cccnc34)c(N3CCOCC3)cc2O1. The van der Waals surface area contributed by atoms with E-state index in [9.17, 15) is 9.90 Å². The molecule has 3 aromatic rings. The quantitative estimate of drug-likeness (QED) is 0.592. The molecule has 1 saturated heterocycles. The third kappa shape index (κ3) is 3.97. The number of ether oxygens (including phenoxy) is 2. The number of nitrogens with zero attached hydrogens (tertiary/aromatic N) is 4. The molecule has 0 radical (unpaired) electrons. The van der Waals surface area contributed by atoms with Gasteiger partial charge in [-0.15, -0.1) is 0 Å². The van der Waals surface area contributed by atoms with Crippen molar-refractivity contribution in [2.24, 2.45) is 0 Å². The Balaban J connectivity index is 1.50. The Morgan fingerprint density at radius 2 is 2.09 bits per heavy atom. The predicted octanol–water partition coefficient (Wildman–Crippen LogP) is 2.62. The van der Waals surface area contributed by atoms with Crippen molar-refractivity contribution in [3.05, 3.63) is 47.9 Å². The lowest BCUT2D eigenvalue weighted by molar-refractivity contribution is -0.0917. The molecular weight excluding hydrogens is 441 g/mol. The fraction of sp³-hybridized carbons (Fsp3) is 0.458. The Kier molecular flexibility index (Phi) is 5.44. The van der Waals surface area contributed by atoms with Crippen molar-refractivity contribution >= 4 is 22.9 Å². The predicted molar refractivity (Wildman–Crippen MR) is 124 cm³/mol. The molecule has 2 atom stereocenters. The van der Waals surface area contributed by atoms with Crippen molar-refractivity contribution in [3.8, 4) is 5.75 Å². The molecule has 2 N–H and O–H groups in total. The van der Waals surface area contributed by atoms with Crippen molar-refractivity contribution in [1.29, 1.82) is 0 Å². The highest BCUT2D eigenvalue weighted by molar-refractivity contribution is 6.09. The Morgan fingerprint density at radius 1 is 1.32 bits per heavy atom. The number of aliphatic hydroxyl groups is 1. The highest BCUT2D eigenvalue weighted by Gasteiger charge is 2.49. The molecule has 0 saturated carbocycles. The second-order valence-corrected chi connectivity index (χ2v) is 9.58. The molecule has 4 heterocycles. The minimum absolute atomic E-state index is 0.262. The average Bonchev–Trinajstić information content (AvgIpc) is 3.39. The van der Waals surface area contributed by atoms with Gasteiger partial charge < -0.3 is 24.8 Å². The Labute approximate surface area is 196 Å². The number of hydrogen-bond acceptors (Lipinski definition) is 7. The maximum absolute atomic E-state index is 15.2. The maximum Gasteiger partial charge on any atom is 0.261 e. The molecule has 0 spiro atoms. The average molecular weight is 470 g/mol. The van der Waals surface area contributed by atoms with E-state index in [-0.39, 0.29) is 12.3 Å². The third-order valence-electron chi connectivity index (χ3n) is 6.34. The van der Waals surface area contributed by atoms with Gasteiger partial charge in [0.15, 0.2) is 11.8 Å². The molecule has 5 rings (SSSR count). The zero-order valence-electron chi connectivity index (χ0n) is 19.4. The number of hydrogen-bond donors (Lipinski definition) is 2. The number of aromatic nitrogens is 3. The summed E-state index contributed by atoms with van der Waals surface area (Å²) in [7, 11) is 0. The van der Waals surface area contributed by atoms with Gasteiger partial charge in [-0.3, -0.25) is 4.79 Å². The van der Waals surface area contributed by atoms with Crippen molar-refractivity contribution in [1.82, 2.24) is 14.6 Å². The van der Waals surface area contributed by atoms with Gasteiger partial charge >= 0.3 is 0 Å². The van der Waals surface area contributed by atoms with Crippen LogP contribution in [0.2, 0.25) is 0 Å². The Bertz CT molecular complexity index is 1230. The number of rotatable bonds is 5. The van der Waals surface area contributed by atoms with Gasteiger partial charge in [0.05, 0.1) is 36.4 Å². The number of alkyl halides is 1. The third-order valence-corrected chi connectivity index (χ3v) is 6.34. The number of carbonyl (C=O) groups excluding carboxylic acids is 1. The first-order valence-electron chi connectivity index (χ1n) is 11.3. The van der Waals surface area contributed by atoms with E-state index in [1.165, 1.54) is 24.6 Å². The maximum atomic E-state index is 15.2. The van der Waals surface area contributed by atoms with Gasteiger partial charge in [-0.1, -0.05) is 0 Å². The zero-order valence-corrected chi connectivity index (χ0v) is 19.4. The lowest BCUT2D eigenvalue weighted by Crippen LogP contribution is -2.52. The van der Waals surface area contributed by atoms with Gasteiger partial charge in [-0.2, -0.15) is 5.10 Å². The summed E-state index contributed by atoms with van der Waals surface area (Å²) in [6, 6.07) is 5.41. The van der Waals surface area contributed by atoms with Crippen LogP contribution >= 0.6 is 0 Å². The highest BCUT2D eigenvalue weighted by atomic mass is 19.1. The van der Waals surface area contributed by atoms with Crippen LogP contribution in [0.3, 0.4) is 0 Å². The number of halogens is 1. The fourth-order valence-corrected chi connectivity index (χ4v) is 4.74. The molecule has 1 amide bonds. The van der Waals surface area contributed by atoms with Crippen LogP contribution in [0.1, 0.15) is 36.7 Å². The second-order valence-electron chi connectivity index (χ2n) is 9.58. The normalized spacial score (nSPS) is 21.3. The summed E-state index contributed by atoms with van der Waals surface area (Å²) in [5, 5.41) is 17.5. The smallest absolute Gasteiger partial charge is 0.261 e. The van der Waals surface area contributed by atoms with E-state index in [0.717, 1.165) is 11.3 Å². The van der Waals surface area contributed by atoms with Crippen LogP contribution in [0.4, 0.5) is 15.8 Å². The lowest BCUT2D eigenvalue weighted by Gasteiger charge is -2.35. The number of carbonyl (C=O) groups is 1. The van der Waals surface area contributed by atoms with Gasteiger partial charge in [0.25, 0.3) is 5.91 Å². The molecule has 2 aliphatic rings. The Hall–Kier alpha value is -3.24. The molecule has 2 aromatic heterocycles. The molecular formula is C24H28FN5O4. The molecule has 10 heteroatoms. The van der Waals surface area contributed by atoms with Crippen molar-refractivity contribution in [2.45, 2.75) is 44.6 Å². The number of fused-ring (bicyclic) bond motifs is 2. The van der Waals surface area contributed by atoms with Crippen LogP contribution in [0.5, 0.6) is 5.75 Å². The minimum Gasteiger partial charge on any atom is -0.484 e. The molecule has 9 nitrogen and oxygen atoms in total. The summed E-state index contributed by atoms with van der Waals surface area (Å²) in [5.41, 5.74) is 0.140. The van der Waals surface area contributed by atoms with E-state index in [2.05, 4.69) is 20.3 Å². The molecule has 0 aliphatic carbocycles. The van der Waals surface area contributed by atoms with E-state index >= 15 is 4.39 Å². The van der Waals surface area contributed by atoms with Crippen LogP contribution < -0.4 is 15.0 Å². The van der Waals surface area contributed by atoms with Gasteiger partial charge in [0.2, 0.25) is 0 Å². The number of amides is 1. The van der Waals surface area contributed by atoms with E-state index in [1.54, 1.807) is 25.4 Å². The van der Waals surface area contributed by atoms with Crippen molar-refractivity contribution < 1.29 is 23.8 Å². The molecule has 180 valence electrons. The standard InChI is InChI=1S/C24H28FN5O4/c1-23(2,32)22(25)24(3)13-15-11-17(18(12-19(15)34-24)29-7-9-33-10-8-29)28-21(31)16-14-27-30-6-4-5-26-20(16)30/h4-6,11-12,14,22,32H,7-10,13H2,1-3H3,(H,28,31). The van der Waals surface area contributed by atoms with E-state index in [1.807, 2.05) is 12.1 Å². The van der Waals surface area contributed by atoms with Crippen molar-refractivity contribution in [3.63, 3.8) is 0 Å². The van der Waals surface area contributed by atoms with Crippen LogP contribution in [0, 0.1) is 0 Å². The molecule has 1 aromatic carbocycles. The van der Waals surface area contributed by atoms with Gasteiger partial charge in [-0.25, -0.2) is 13.9 Å². The minimum atomic E-state index is -1.61. The second kappa shape index (κ2) is 8.21. The summed E-state index contributed by atoms with van der Waals surface area (Å²) in [4.78, 5) is 19.6. The van der Waals surface area contributed by atoms with E-state index in [4.69, 9.17) is 9.47 Å². The summed E-state index contributed by atoms with van der Waals surface area (Å²) < 4.78 is 28.3. The summed E-state index contributed by atoms with van der Waals surface area (Å²) >= 11 is 0. The van der Waals surface area contributed by atoms with Gasteiger partial charge in [0, 0.05) is 43.5 Å². The van der Waals surface area contributed by atoms with Crippen LogP contribution in [0.15, 0.2) is 36.8 Å². The molecule has 1 fully saturated rings.